The van der Waals surface area contributed by atoms with Gasteiger partial charge in [0.1, 0.15) is 0 Å². The zero-order chi connectivity index (χ0) is 21.2. The van der Waals surface area contributed by atoms with Crippen LogP contribution in [0.15, 0.2) is 17.5 Å². The highest BCUT2D eigenvalue weighted by atomic mass is 32.1. The minimum atomic E-state index is -5.08. The van der Waals surface area contributed by atoms with E-state index in [-0.39, 0.29) is 5.91 Å². The molecule has 2 aliphatic heterocycles. The van der Waals surface area contributed by atoms with Gasteiger partial charge in [-0.15, -0.1) is 11.3 Å². The molecule has 0 spiro atoms. The van der Waals surface area contributed by atoms with Gasteiger partial charge in [0.05, 0.1) is 5.69 Å². The Morgan fingerprint density at radius 2 is 1.90 bits per heavy atom. The summed E-state index contributed by atoms with van der Waals surface area (Å²) in [4.78, 5) is 27.3. The third-order valence-corrected chi connectivity index (χ3v) is 5.69. The van der Waals surface area contributed by atoms with Crippen LogP contribution in [0.2, 0.25) is 0 Å². The van der Waals surface area contributed by atoms with Crippen molar-refractivity contribution < 1.29 is 27.9 Å². The molecule has 2 aromatic rings. The summed E-state index contributed by atoms with van der Waals surface area (Å²) in [5.74, 6) is -2.64. The molecule has 1 amide bonds. The molecule has 0 aliphatic carbocycles. The Labute approximate surface area is 169 Å². The molecule has 11 heteroatoms. The van der Waals surface area contributed by atoms with Crippen molar-refractivity contribution in [2.45, 2.75) is 38.7 Å². The first-order chi connectivity index (χ1) is 13.7. The number of carboxylic acid groups (broad SMARTS) is 1. The van der Waals surface area contributed by atoms with Crippen LogP contribution in [0.3, 0.4) is 0 Å². The molecule has 2 aromatic heterocycles. The summed E-state index contributed by atoms with van der Waals surface area (Å²) in [6.45, 7) is 4.41. The maximum atomic E-state index is 12.7. The van der Waals surface area contributed by atoms with Crippen LogP contribution in [0.25, 0.3) is 0 Å². The molecule has 0 aromatic carbocycles. The van der Waals surface area contributed by atoms with Crippen LogP contribution < -0.4 is 0 Å². The standard InChI is InChI=1S/C16H20N4OS.C2HF3O2/c1-18-14-11-19(9-12-5-4-8-22-12)10-13(14)15(17-18)16(21)20-6-2-3-7-20;3-2(4,5)1(6)7/h4-5,8H,2-3,6-7,9-11H2,1H3;(H,6,7). The Bertz CT molecular complexity index is 874. The summed E-state index contributed by atoms with van der Waals surface area (Å²) in [5, 5.41) is 13.7. The molecular formula is C18H21F3N4O3S. The molecule has 4 rings (SSSR count). The second-order valence-electron chi connectivity index (χ2n) is 6.92. The van der Waals surface area contributed by atoms with Gasteiger partial charge in [-0.05, 0) is 24.3 Å². The minimum absolute atomic E-state index is 0.118. The van der Waals surface area contributed by atoms with Gasteiger partial charge in [-0.1, -0.05) is 6.07 Å². The maximum absolute atomic E-state index is 12.7. The summed E-state index contributed by atoms with van der Waals surface area (Å²) in [6.07, 6.45) is -2.85. The SMILES string of the molecule is Cn1nc(C(=O)N2CCCC2)c2c1CN(Cc1cccs1)C2.O=C(O)C(F)(F)F. The van der Waals surface area contributed by atoms with Crippen LogP contribution in [0.4, 0.5) is 13.2 Å². The fraction of sp³-hybridized carbons (Fsp3) is 0.500. The molecule has 0 radical (unpaired) electrons. The number of thiophene rings is 1. The number of carboxylic acids is 1. The van der Waals surface area contributed by atoms with Gasteiger partial charge >= 0.3 is 12.1 Å². The molecule has 0 atom stereocenters. The summed E-state index contributed by atoms with van der Waals surface area (Å²) < 4.78 is 33.6. The number of hydrogen-bond acceptors (Lipinski definition) is 5. The number of alkyl halides is 3. The fourth-order valence-corrected chi connectivity index (χ4v) is 4.18. The van der Waals surface area contributed by atoms with Crippen molar-refractivity contribution in [2.24, 2.45) is 7.05 Å². The number of carbonyl (C=O) groups excluding carboxylic acids is 1. The average molecular weight is 430 g/mol. The minimum Gasteiger partial charge on any atom is -0.475 e. The first-order valence-corrected chi connectivity index (χ1v) is 9.93. The highest BCUT2D eigenvalue weighted by Crippen LogP contribution is 2.29. The smallest absolute Gasteiger partial charge is 0.475 e. The van der Waals surface area contributed by atoms with E-state index in [1.807, 2.05) is 16.6 Å². The third kappa shape index (κ3) is 4.96. The highest BCUT2D eigenvalue weighted by Gasteiger charge is 2.38. The Balaban J connectivity index is 0.000000298. The lowest BCUT2D eigenvalue weighted by atomic mass is 10.2. The van der Waals surface area contributed by atoms with Crippen molar-refractivity contribution in [3.8, 4) is 0 Å². The molecule has 0 bridgehead atoms. The number of aliphatic carboxylic acids is 1. The number of carbonyl (C=O) groups is 2. The van der Waals surface area contributed by atoms with Crippen molar-refractivity contribution in [2.75, 3.05) is 13.1 Å². The Morgan fingerprint density at radius 1 is 1.24 bits per heavy atom. The lowest BCUT2D eigenvalue weighted by Gasteiger charge is -2.16. The molecular weight excluding hydrogens is 409 g/mol. The second kappa shape index (κ2) is 8.54. The van der Waals surface area contributed by atoms with Crippen molar-refractivity contribution in [3.63, 3.8) is 0 Å². The number of aryl methyl sites for hydroxylation is 1. The number of rotatable bonds is 3. The van der Waals surface area contributed by atoms with Crippen LogP contribution in [0.1, 0.15) is 39.5 Å². The second-order valence-corrected chi connectivity index (χ2v) is 7.96. The van der Waals surface area contributed by atoms with E-state index in [0.29, 0.717) is 5.69 Å². The largest absolute Gasteiger partial charge is 0.490 e. The lowest BCUT2D eigenvalue weighted by Crippen LogP contribution is -2.29. The van der Waals surface area contributed by atoms with E-state index < -0.39 is 12.1 Å². The molecule has 7 nitrogen and oxygen atoms in total. The number of likely N-dealkylation sites (tertiary alicyclic amines) is 1. The monoisotopic (exact) mass is 430 g/mol. The van der Waals surface area contributed by atoms with Crippen LogP contribution in [-0.4, -0.2) is 55.8 Å². The van der Waals surface area contributed by atoms with E-state index in [9.17, 15) is 18.0 Å². The molecule has 1 N–H and O–H groups in total. The predicted octanol–water partition coefficient (Wildman–Crippen LogP) is 2.87. The topological polar surface area (TPSA) is 78.7 Å². The molecule has 4 heterocycles. The molecule has 2 aliphatic rings. The Kier molecular flexibility index (Phi) is 6.27. The van der Waals surface area contributed by atoms with Gasteiger partial charge in [0.2, 0.25) is 0 Å². The zero-order valence-corrected chi connectivity index (χ0v) is 16.6. The zero-order valence-electron chi connectivity index (χ0n) is 15.8. The molecule has 0 saturated carbocycles. The first-order valence-electron chi connectivity index (χ1n) is 9.05. The van der Waals surface area contributed by atoms with Gasteiger partial charge in [0, 0.05) is 50.2 Å². The van der Waals surface area contributed by atoms with E-state index in [0.717, 1.165) is 51.1 Å². The normalized spacial score (nSPS) is 16.5. The number of halogens is 3. The average Bonchev–Trinajstić information content (AvgIpc) is 3.41. The Morgan fingerprint density at radius 3 is 2.45 bits per heavy atom. The molecule has 158 valence electrons. The number of amides is 1. The van der Waals surface area contributed by atoms with Crippen molar-refractivity contribution in [1.82, 2.24) is 19.6 Å². The van der Waals surface area contributed by atoms with Crippen molar-refractivity contribution in [1.29, 1.82) is 0 Å². The number of aromatic nitrogens is 2. The van der Waals surface area contributed by atoms with Gasteiger partial charge in [-0.3, -0.25) is 14.4 Å². The number of nitrogens with zero attached hydrogens (tertiary/aromatic N) is 4. The quantitative estimate of drug-likeness (QED) is 0.810. The molecule has 0 unspecified atom stereocenters. The molecule has 1 saturated heterocycles. The summed E-state index contributed by atoms with van der Waals surface area (Å²) >= 11 is 1.79. The van der Waals surface area contributed by atoms with Crippen molar-refractivity contribution >= 4 is 23.2 Å². The van der Waals surface area contributed by atoms with Crippen LogP contribution in [0.5, 0.6) is 0 Å². The maximum Gasteiger partial charge on any atom is 0.490 e. The van der Waals surface area contributed by atoms with Gasteiger partial charge < -0.3 is 10.0 Å². The molecule has 1 fully saturated rings. The lowest BCUT2D eigenvalue weighted by molar-refractivity contribution is -0.192. The summed E-state index contributed by atoms with van der Waals surface area (Å²) in [5.41, 5.74) is 3.00. The van der Waals surface area contributed by atoms with E-state index in [1.165, 1.54) is 10.6 Å². The van der Waals surface area contributed by atoms with E-state index in [1.54, 1.807) is 11.3 Å². The van der Waals surface area contributed by atoms with Gasteiger partial charge in [-0.2, -0.15) is 18.3 Å². The first kappa shape index (κ1) is 21.3. The summed E-state index contributed by atoms with van der Waals surface area (Å²) in [7, 11) is 1.95. The predicted molar refractivity (Wildman–Crippen MR) is 99.3 cm³/mol. The summed E-state index contributed by atoms with van der Waals surface area (Å²) in [6, 6.07) is 4.26. The van der Waals surface area contributed by atoms with E-state index >= 15 is 0 Å². The van der Waals surface area contributed by atoms with Gasteiger partial charge in [-0.25, -0.2) is 4.79 Å². The fourth-order valence-electron chi connectivity index (χ4n) is 3.43. The molecule has 29 heavy (non-hydrogen) atoms. The number of hydrogen-bond donors (Lipinski definition) is 1. The van der Waals surface area contributed by atoms with Crippen LogP contribution in [0, 0.1) is 0 Å². The van der Waals surface area contributed by atoms with E-state index in [4.69, 9.17) is 9.90 Å². The van der Waals surface area contributed by atoms with E-state index in [2.05, 4.69) is 27.5 Å². The van der Waals surface area contributed by atoms with Crippen molar-refractivity contribution in [3.05, 3.63) is 39.3 Å². The van der Waals surface area contributed by atoms with Crippen LogP contribution in [-0.2, 0) is 31.5 Å². The van der Waals surface area contributed by atoms with Crippen LogP contribution >= 0.6 is 11.3 Å². The van der Waals surface area contributed by atoms with Gasteiger partial charge in [0.15, 0.2) is 5.69 Å². The number of fused-ring (bicyclic) bond motifs is 1. The highest BCUT2D eigenvalue weighted by molar-refractivity contribution is 7.09. The Hall–Kier alpha value is -2.40. The van der Waals surface area contributed by atoms with Gasteiger partial charge in [0.25, 0.3) is 5.91 Å². The third-order valence-electron chi connectivity index (χ3n) is 4.83.